The van der Waals surface area contributed by atoms with Crippen LogP contribution in [0.1, 0.15) is 67.2 Å². The van der Waals surface area contributed by atoms with Crippen molar-refractivity contribution in [2.45, 2.75) is 67.2 Å². The molecule has 1 rings (SSSR count). The lowest BCUT2D eigenvalue weighted by atomic mass is 9.94. The van der Waals surface area contributed by atoms with Crippen LogP contribution in [0.5, 0.6) is 0 Å². The van der Waals surface area contributed by atoms with E-state index in [1.165, 1.54) is 0 Å². The van der Waals surface area contributed by atoms with E-state index in [0.29, 0.717) is 11.5 Å². The third kappa shape index (κ3) is 10.0. The van der Waals surface area contributed by atoms with Crippen molar-refractivity contribution in [3.8, 4) is 0 Å². The van der Waals surface area contributed by atoms with Crippen molar-refractivity contribution < 1.29 is 29.1 Å². The Hall–Kier alpha value is -1.22. The Morgan fingerprint density at radius 2 is 1.30 bits per heavy atom. The lowest BCUT2D eigenvalue weighted by Gasteiger charge is -2.20. The SMILES string of the molecule is CC[C@H](C(=O)O)C(C)C.CC[C@H](C(=O)ON1C(=O)CCC1=O)C(C)C.S.S. The van der Waals surface area contributed by atoms with Gasteiger partial charge in [-0.25, -0.2) is 4.79 Å². The van der Waals surface area contributed by atoms with Crippen molar-refractivity contribution in [2.24, 2.45) is 23.7 Å². The van der Waals surface area contributed by atoms with Gasteiger partial charge in [0.2, 0.25) is 0 Å². The van der Waals surface area contributed by atoms with Crippen molar-refractivity contribution in [3.63, 3.8) is 0 Å². The van der Waals surface area contributed by atoms with Crippen LogP contribution >= 0.6 is 27.0 Å². The van der Waals surface area contributed by atoms with Crippen molar-refractivity contribution in [2.75, 3.05) is 0 Å². The van der Waals surface area contributed by atoms with Crippen molar-refractivity contribution in [3.05, 3.63) is 0 Å². The highest BCUT2D eigenvalue weighted by molar-refractivity contribution is 7.59. The zero-order valence-electron chi connectivity index (χ0n) is 17.1. The molecule has 0 spiro atoms. The molecule has 2 atom stereocenters. The fraction of sp³-hybridized carbons (Fsp3) is 0.778. The predicted octanol–water partition coefficient (Wildman–Crippen LogP) is 3.25. The van der Waals surface area contributed by atoms with E-state index in [-0.39, 0.29) is 63.5 Å². The Morgan fingerprint density at radius 1 is 0.926 bits per heavy atom. The molecule has 9 heteroatoms. The summed E-state index contributed by atoms with van der Waals surface area (Å²) in [5.41, 5.74) is 0. The van der Waals surface area contributed by atoms with Crippen molar-refractivity contribution >= 4 is 50.7 Å². The molecule has 7 nitrogen and oxygen atoms in total. The number of carboxylic acids is 1. The van der Waals surface area contributed by atoms with E-state index in [2.05, 4.69) is 0 Å². The second kappa shape index (κ2) is 14.8. The molecule has 0 bridgehead atoms. The van der Waals surface area contributed by atoms with E-state index in [4.69, 9.17) is 9.94 Å². The van der Waals surface area contributed by atoms with Gasteiger partial charge in [-0.3, -0.25) is 14.4 Å². The predicted molar refractivity (Wildman–Crippen MR) is 113 cm³/mol. The van der Waals surface area contributed by atoms with Crippen LogP contribution in [0.2, 0.25) is 0 Å². The number of hydroxylamine groups is 2. The second-order valence-electron chi connectivity index (χ2n) is 6.85. The fourth-order valence-electron chi connectivity index (χ4n) is 2.66. The van der Waals surface area contributed by atoms with Gasteiger partial charge in [0.05, 0.1) is 11.8 Å². The Kier molecular flexibility index (Phi) is 16.7. The standard InChI is InChI=1S/C11H17NO4.C7H14O2.2H2S/c1-4-8(7(2)3)11(15)16-12-9(13)5-6-10(12)14;1-4-6(5(2)3)7(8)9;;/h7-8H,4-6H2,1-3H3;5-6H,4H2,1-3H3,(H,8,9);2*1H2/t8-;6-;;/m00../s1. The maximum Gasteiger partial charge on any atom is 0.336 e. The second-order valence-corrected chi connectivity index (χ2v) is 6.85. The molecule has 0 unspecified atom stereocenters. The third-order valence-corrected chi connectivity index (χ3v) is 4.30. The Labute approximate surface area is 176 Å². The molecule has 1 aliphatic rings. The van der Waals surface area contributed by atoms with Gasteiger partial charge in [-0.15, -0.1) is 5.06 Å². The van der Waals surface area contributed by atoms with Crippen LogP contribution in [0.3, 0.4) is 0 Å². The van der Waals surface area contributed by atoms with Gasteiger partial charge in [0.1, 0.15) is 0 Å². The van der Waals surface area contributed by atoms with Crippen LogP contribution in [-0.2, 0) is 24.0 Å². The summed E-state index contributed by atoms with van der Waals surface area (Å²) >= 11 is 0. The number of carboxylic acid groups (broad SMARTS) is 1. The Bertz CT molecular complexity index is 480. The van der Waals surface area contributed by atoms with Crippen LogP contribution in [0.25, 0.3) is 0 Å². The molecule has 0 aromatic carbocycles. The molecule has 0 radical (unpaired) electrons. The van der Waals surface area contributed by atoms with Crippen LogP contribution in [-0.4, -0.2) is 33.9 Å². The molecule has 1 saturated heterocycles. The molecular formula is C18H35NO6S2. The minimum atomic E-state index is -0.674. The summed E-state index contributed by atoms with van der Waals surface area (Å²) in [5, 5.41) is 9.15. The van der Waals surface area contributed by atoms with Gasteiger partial charge in [-0.05, 0) is 24.7 Å². The van der Waals surface area contributed by atoms with E-state index in [0.717, 1.165) is 6.42 Å². The van der Waals surface area contributed by atoms with Crippen LogP contribution in [0.15, 0.2) is 0 Å². The highest BCUT2D eigenvalue weighted by Crippen LogP contribution is 2.20. The Morgan fingerprint density at radius 3 is 1.52 bits per heavy atom. The maximum absolute atomic E-state index is 11.7. The lowest BCUT2D eigenvalue weighted by molar-refractivity contribution is -0.201. The van der Waals surface area contributed by atoms with Gasteiger partial charge in [0, 0.05) is 12.8 Å². The minimum absolute atomic E-state index is 0. The number of rotatable bonds is 7. The summed E-state index contributed by atoms with van der Waals surface area (Å²) in [6.45, 7) is 11.5. The zero-order valence-corrected chi connectivity index (χ0v) is 19.1. The van der Waals surface area contributed by atoms with Gasteiger partial charge in [0.25, 0.3) is 11.8 Å². The minimum Gasteiger partial charge on any atom is -0.481 e. The third-order valence-electron chi connectivity index (χ3n) is 4.30. The molecular weight excluding hydrogens is 390 g/mol. The summed E-state index contributed by atoms with van der Waals surface area (Å²) in [5.74, 6) is -2.09. The van der Waals surface area contributed by atoms with E-state index in [1.807, 2.05) is 41.5 Å². The lowest BCUT2D eigenvalue weighted by Crippen LogP contribution is -2.35. The molecule has 1 aliphatic heterocycles. The maximum atomic E-state index is 11.7. The van der Waals surface area contributed by atoms with E-state index in [9.17, 15) is 19.2 Å². The Balaban J connectivity index is -0.000000456. The first-order valence-corrected chi connectivity index (χ1v) is 8.87. The number of carbonyl (C=O) groups is 4. The largest absolute Gasteiger partial charge is 0.481 e. The first-order valence-electron chi connectivity index (χ1n) is 8.87. The van der Waals surface area contributed by atoms with Crippen molar-refractivity contribution in [1.82, 2.24) is 5.06 Å². The number of nitrogens with zero attached hydrogens (tertiary/aromatic N) is 1. The van der Waals surface area contributed by atoms with Gasteiger partial charge in [-0.2, -0.15) is 27.0 Å². The molecule has 0 aromatic rings. The summed E-state index contributed by atoms with van der Waals surface area (Å²) in [7, 11) is 0. The molecule has 1 N–H and O–H groups in total. The van der Waals surface area contributed by atoms with E-state index in [1.54, 1.807) is 0 Å². The fourth-order valence-corrected chi connectivity index (χ4v) is 2.66. The van der Waals surface area contributed by atoms with E-state index >= 15 is 0 Å². The number of hydrogen-bond acceptors (Lipinski definition) is 5. The number of amides is 2. The van der Waals surface area contributed by atoms with Crippen molar-refractivity contribution in [1.29, 1.82) is 0 Å². The summed E-state index contributed by atoms with van der Waals surface area (Å²) in [6, 6.07) is 0. The zero-order chi connectivity index (χ0) is 19.7. The molecule has 27 heavy (non-hydrogen) atoms. The van der Waals surface area contributed by atoms with Crippen LogP contribution in [0.4, 0.5) is 0 Å². The first-order chi connectivity index (χ1) is 11.6. The molecule has 1 fully saturated rings. The van der Waals surface area contributed by atoms with Crippen LogP contribution < -0.4 is 0 Å². The summed E-state index contributed by atoms with van der Waals surface area (Å²) in [4.78, 5) is 49.4. The number of aliphatic carboxylic acids is 1. The first kappa shape index (κ1) is 30.5. The number of carbonyl (C=O) groups excluding carboxylic acids is 3. The molecule has 1 heterocycles. The smallest absolute Gasteiger partial charge is 0.336 e. The van der Waals surface area contributed by atoms with Gasteiger partial charge < -0.3 is 9.94 Å². The number of imide groups is 1. The van der Waals surface area contributed by atoms with Crippen LogP contribution in [0, 0.1) is 23.7 Å². The highest BCUT2D eigenvalue weighted by Gasteiger charge is 2.35. The average Bonchev–Trinajstić information content (AvgIpc) is 2.80. The highest BCUT2D eigenvalue weighted by atomic mass is 32.1. The average molecular weight is 426 g/mol. The quantitative estimate of drug-likeness (QED) is 0.628. The molecule has 2 amide bonds. The van der Waals surface area contributed by atoms with E-state index < -0.39 is 23.8 Å². The van der Waals surface area contributed by atoms with Gasteiger partial charge in [0.15, 0.2) is 0 Å². The summed E-state index contributed by atoms with van der Waals surface area (Å²) < 4.78 is 0. The molecule has 160 valence electrons. The monoisotopic (exact) mass is 425 g/mol. The molecule has 0 aromatic heterocycles. The normalized spacial score (nSPS) is 15.3. The van der Waals surface area contributed by atoms with Gasteiger partial charge in [-0.1, -0.05) is 41.5 Å². The molecule has 0 aliphatic carbocycles. The number of hydrogen-bond donors (Lipinski definition) is 1. The molecule has 0 saturated carbocycles. The summed E-state index contributed by atoms with van der Waals surface area (Å²) in [6.07, 6.45) is 1.62. The van der Waals surface area contributed by atoms with Gasteiger partial charge >= 0.3 is 11.9 Å². The topological polar surface area (TPSA) is 101 Å².